The Morgan fingerprint density at radius 3 is 2.54 bits per heavy atom. The Morgan fingerprint density at radius 2 is 1.83 bits per heavy atom. The summed E-state index contributed by atoms with van der Waals surface area (Å²) in [6.45, 7) is 3.01. The monoisotopic (exact) mass is 324 g/mol. The Balaban J connectivity index is 1.74. The van der Waals surface area contributed by atoms with E-state index in [0.29, 0.717) is 11.8 Å². The molecule has 0 amide bonds. The molecule has 128 valence electrons. The van der Waals surface area contributed by atoms with Crippen LogP contribution in [0.3, 0.4) is 0 Å². The number of aromatic hydroxyl groups is 1. The molecule has 0 unspecified atom stereocenters. The number of likely N-dealkylation sites (tertiary alicyclic amines) is 1. The van der Waals surface area contributed by atoms with E-state index in [9.17, 15) is 5.11 Å². The average molecular weight is 324 g/mol. The fourth-order valence-corrected chi connectivity index (χ4v) is 3.66. The van der Waals surface area contributed by atoms with Gasteiger partial charge in [0.2, 0.25) is 0 Å². The zero-order valence-electron chi connectivity index (χ0n) is 14.8. The van der Waals surface area contributed by atoms with Gasteiger partial charge in [0.05, 0.1) is 0 Å². The summed E-state index contributed by atoms with van der Waals surface area (Å²) in [6, 6.07) is 17.2. The smallest absolute Gasteiger partial charge is 0.115 e. The molecular weight excluding hydrogens is 296 g/mol. The van der Waals surface area contributed by atoms with Gasteiger partial charge >= 0.3 is 0 Å². The first kappa shape index (κ1) is 17.0. The summed E-state index contributed by atoms with van der Waals surface area (Å²) in [4.78, 5) is 4.75. The summed E-state index contributed by atoms with van der Waals surface area (Å²) < 4.78 is 0. The molecular formula is C21H28N2O. The lowest BCUT2D eigenvalue weighted by Gasteiger charge is -2.36. The number of benzene rings is 2. The normalized spacial score (nSPS) is 18.9. The van der Waals surface area contributed by atoms with Crippen molar-refractivity contribution in [3.63, 3.8) is 0 Å². The molecule has 0 saturated carbocycles. The molecule has 1 fully saturated rings. The second-order valence-electron chi connectivity index (χ2n) is 7.13. The second kappa shape index (κ2) is 7.82. The van der Waals surface area contributed by atoms with Gasteiger partial charge in [-0.25, -0.2) is 0 Å². The van der Waals surface area contributed by atoms with Crippen molar-refractivity contribution < 1.29 is 5.11 Å². The molecule has 3 nitrogen and oxygen atoms in total. The van der Waals surface area contributed by atoms with Gasteiger partial charge in [0.25, 0.3) is 0 Å². The second-order valence-corrected chi connectivity index (χ2v) is 7.13. The van der Waals surface area contributed by atoms with E-state index in [2.05, 4.69) is 54.2 Å². The maximum Gasteiger partial charge on any atom is 0.115 e. The number of phenols is 1. The summed E-state index contributed by atoms with van der Waals surface area (Å²) in [5.41, 5.74) is 3.96. The highest BCUT2D eigenvalue weighted by molar-refractivity contribution is 5.28. The first-order valence-electron chi connectivity index (χ1n) is 8.87. The third-order valence-corrected chi connectivity index (χ3v) is 4.77. The molecule has 3 heteroatoms. The van der Waals surface area contributed by atoms with E-state index >= 15 is 0 Å². The standard InChI is InChI=1S/C21H28N2O/c1-22(2)15-17-9-11-19(12-10-17)21-8-3-4-13-23(21)16-18-6-5-7-20(24)14-18/h5-7,9-12,14,21,24H,3-4,8,13,15-16H2,1-2H3/t21-/m0/s1. The molecule has 0 aromatic heterocycles. The topological polar surface area (TPSA) is 26.7 Å². The molecule has 2 aromatic carbocycles. The summed E-state index contributed by atoms with van der Waals surface area (Å²) in [5, 5.41) is 9.71. The van der Waals surface area contributed by atoms with Crippen LogP contribution < -0.4 is 0 Å². The fraction of sp³-hybridized carbons (Fsp3) is 0.429. The third kappa shape index (κ3) is 4.37. The van der Waals surface area contributed by atoms with Gasteiger partial charge in [-0.3, -0.25) is 4.90 Å². The van der Waals surface area contributed by atoms with Crippen molar-refractivity contribution in [2.24, 2.45) is 0 Å². The molecule has 0 bridgehead atoms. The van der Waals surface area contributed by atoms with Gasteiger partial charge in [-0.05, 0) is 62.3 Å². The first-order chi connectivity index (χ1) is 11.6. The summed E-state index contributed by atoms with van der Waals surface area (Å²) in [6.07, 6.45) is 3.76. The van der Waals surface area contributed by atoms with Gasteiger partial charge in [-0.15, -0.1) is 0 Å². The van der Waals surface area contributed by atoms with E-state index in [-0.39, 0.29) is 0 Å². The Kier molecular flexibility index (Phi) is 5.54. The van der Waals surface area contributed by atoms with Crippen LogP contribution in [0.2, 0.25) is 0 Å². The minimum atomic E-state index is 0.356. The Hall–Kier alpha value is -1.84. The largest absolute Gasteiger partial charge is 0.508 e. The molecule has 0 aliphatic carbocycles. The summed E-state index contributed by atoms with van der Waals surface area (Å²) in [7, 11) is 4.21. The zero-order chi connectivity index (χ0) is 16.9. The van der Waals surface area contributed by atoms with Gasteiger partial charge in [-0.1, -0.05) is 42.8 Å². The molecule has 1 aliphatic rings. The quantitative estimate of drug-likeness (QED) is 0.894. The summed E-state index contributed by atoms with van der Waals surface area (Å²) in [5.74, 6) is 0.356. The lowest BCUT2D eigenvalue weighted by Crippen LogP contribution is -2.32. The number of rotatable bonds is 5. The van der Waals surface area contributed by atoms with Gasteiger partial charge in [0, 0.05) is 19.1 Å². The third-order valence-electron chi connectivity index (χ3n) is 4.77. The average Bonchev–Trinajstić information content (AvgIpc) is 2.56. The number of nitrogens with zero attached hydrogens (tertiary/aromatic N) is 2. The van der Waals surface area contributed by atoms with Gasteiger partial charge in [0.15, 0.2) is 0 Å². The first-order valence-corrected chi connectivity index (χ1v) is 8.87. The number of hydrogen-bond acceptors (Lipinski definition) is 3. The molecule has 1 heterocycles. The highest BCUT2D eigenvalue weighted by Gasteiger charge is 2.24. The minimum Gasteiger partial charge on any atom is -0.508 e. The van der Waals surface area contributed by atoms with Crippen LogP contribution in [-0.4, -0.2) is 35.5 Å². The van der Waals surface area contributed by atoms with E-state index in [1.165, 1.54) is 36.0 Å². The van der Waals surface area contributed by atoms with Crippen LogP contribution in [0.15, 0.2) is 48.5 Å². The molecule has 1 saturated heterocycles. The van der Waals surface area contributed by atoms with Crippen LogP contribution in [0.1, 0.15) is 42.0 Å². The van der Waals surface area contributed by atoms with Crippen LogP contribution in [0.4, 0.5) is 0 Å². The molecule has 0 spiro atoms. The summed E-state index contributed by atoms with van der Waals surface area (Å²) >= 11 is 0. The minimum absolute atomic E-state index is 0.356. The number of phenolic OH excluding ortho intramolecular Hbond substituents is 1. The fourth-order valence-electron chi connectivity index (χ4n) is 3.66. The highest BCUT2D eigenvalue weighted by atomic mass is 16.3. The van der Waals surface area contributed by atoms with Crippen LogP contribution >= 0.6 is 0 Å². The van der Waals surface area contributed by atoms with Crippen molar-refractivity contribution in [2.75, 3.05) is 20.6 Å². The predicted molar refractivity (Wildman–Crippen MR) is 98.9 cm³/mol. The predicted octanol–water partition coefficient (Wildman–Crippen LogP) is 4.18. The van der Waals surface area contributed by atoms with Crippen molar-refractivity contribution in [3.8, 4) is 5.75 Å². The number of hydrogen-bond donors (Lipinski definition) is 1. The molecule has 2 aromatic rings. The molecule has 1 aliphatic heterocycles. The van der Waals surface area contributed by atoms with Crippen LogP contribution in [0.5, 0.6) is 5.75 Å². The molecule has 24 heavy (non-hydrogen) atoms. The Bertz CT molecular complexity index is 651. The van der Waals surface area contributed by atoms with Crippen molar-refractivity contribution >= 4 is 0 Å². The van der Waals surface area contributed by atoms with Crippen molar-refractivity contribution in [2.45, 2.75) is 38.4 Å². The van der Waals surface area contributed by atoms with Crippen LogP contribution in [0.25, 0.3) is 0 Å². The van der Waals surface area contributed by atoms with E-state index in [0.717, 1.165) is 19.6 Å². The maximum atomic E-state index is 9.71. The van der Waals surface area contributed by atoms with Gasteiger partial charge in [-0.2, -0.15) is 0 Å². The molecule has 1 atom stereocenters. The zero-order valence-corrected chi connectivity index (χ0v) is 14.8. The van der Waals surface area contributed by atoms with Crippen molar-refractivity contribution in [1.29, 1.82) is 0 Å². The maximum absolute atomic E-state index is 9.71. The van der Waals surface area contributed by atoms with E-state index in [1.54, 1.807) is 6.07 Å². The van der Waals surface area contributed by atoms with E-state index < -0.39 is 0 Å². The Morgan fingerprint density at radius 1 is 1.04 bits per heavy atom. The van der Waals surface area contributed by atoms with E-state index in [4.69, 9.17) is 0 Å². The van der Waals surface area contributed by atoms with Crippen molar-refractivity contribution in [1.82, 2.24) is 9.80 Å². The lowest BCUT2D eigenvalue weighted by atomic mass is 9.94. The SMILES string of the molecule is CN(C)Cc1ccc([C@@H]2CCCCN2Cc2cccc(O)c2)cc1. The van der Waals surface area contributed by atoms with E-state index in [1.807, 2.05) is 12.1 Å². The molecule has 1 N–H and O–H groups in total. The molecule has 3 rings (SSSR count). The highest BCUT2D eigenvalue weighted by Crippen LogP contribution is 2.32. The van der Waals surface area contributed by atoms with Gasteiger partial charge < -0.3 is 10.0 Å². The van der Waals surface area contributed by atoms with Crippen LogP contribution in [-0.2, 0) is 13.1 Å². The Labute approximate surface area is 145 Å². The van der Waals surface area contributed by atoms with Crippen LogP contribution in [0, 0.1) is 0 Å². The molecule has 0 radical (unpaired) electrons. The van der Waals surface area contributed by atoms with Gasteiger partial charge in [0.1, 0.15) is 5.75 Å². The van der Waals surface area contributed by atoms with Crippen molar-refractivity contribution in [3.05, 3.63) is 65.2 Å². The number of piperidine rings is 1. The lowest BCUT2D eigenvalue weighted by molar-refractivity contribution is 0.140.